The SMILES string of the molecule is Cc1[nH]c(=O)[nH]c(=O)c1-c1c2nc(c(-c3c(C)[nH]c(=O)[nH]c3=O)c3ccc([nH]3)c(-c3c(C)[nH]c(=O)[nH]c3=O)c3nc(c(-c4c(C)[nH]c(=O)[nH]c4=O)c4ccc1[nH]4)C=C3)C=C2. The number of aromatic nitrogens is 12. The van der Waals surface area contributed by atoms with E-state index in [0.717, 1.165) is 0 Å². The molecule has 0 fully saturated rings. The summed E-state index contributed by atoms with van der Waals surface area (Å²) in [6.07, 6.45) is 6.44. The van der Waals surface area contributed by atoms with E-state index in [1.54, 1.807) is 76.3 Å². The standard InChI is InChI=1S/C40H30N12O8/c1-13-25(33(53)49-37(57)41-13)29-17-5-7-19(45-17)30(26-14(2)42-38(58)50-34(26)54)21-9-11-23(47-21)32(28-16(4)44-40(60)52-36(28)56)24-12-10-22(48-24)31(20-8-6-18(29)46-20)27-15(3)43-39(59)51-35(27)55/h5-12,45,48H,1-4H3,(H2,41,49,53,57)(H2,42,50,54,58)(H2,43,51,55,59)(H2,44,52,56,60). The Morgan fingerprint density at radius 1 is 0.300 bits per heavy atom. The van der Waals surface area contributed by atoms with Crippen molar-refractivity contribution in [3.8, 4) is 44.5 Å². The van der Waals surface area contributed by atoms with E-state index < -0.39 is 45.0 Å². The highest BCUT2D eigenvalue weighted by Gasteiger charge is 2.25. The zero-order valence-corrected chi connectivity index (χ0v) is 31.8. The van der Waals surface area contributed by atoms with Crippen molar-refractivity contribution in [2.24, 2.45) is 0 Å². The average Bonchev–Trinajstić information content (AvgIpc) is 3.99. The average molecular weight is 807 g/mol. The fraction of sp³-hybridized carbons (Fsp3) is 0.100. The summed E-state index contributed by atoms with van der Waals surface area (Å²) in [7, 11) is 0. The summed E-state index contributed by atoms with van der Waals surface area (Å²) in [5, 5.41) is 0. The van der Waals surface area contributed by atoms with Gasteiger partial charge in [-0.2, -0.15) is 0 Å². The Bertz CT molecular complexity index is 3320. The Morgan fingerprint density at radius 3 is 0.717 bits per heavy atom. The van der Waals surface area contributed by atoms with Crippen LogP contribution < -0.4 is 45.0 Å². The van der Waals surface area contributed by atoms with Crippen molar-refractivity contribution in [1.82, 2.24) is 59.8 Å². The van der Waals surface area contributed by atoms with Crippen molar-refractivity contribution in [1.29, 1.82) is 0 Å². The van der Waals surface area contributed by atoms with E-state index in [1.165, 1.54) is 0 Å². The molecule has 10 N–H and O–H groups in total. The third-order valence-electron chi connectivity index (χ3n) is 10.3. The molecule has 0 aromatic carbocycles. The van der Waals surface area contributed by atoms with Crippen molar-refractivity contribution in [2.45, 2.75) is 27.7 Å². The summed E-state index contributed by atoms with van der Waals surface area (Å²) in [5.41, 5.74) is -1.94. The first-order valence-electron chi connectivity index (χ1n) is 18.2. The number of nitrogens with zero attached hydrogens (tertiary/aromatic N) is 2. The molecular formula is C40H30N12O8. The zero-order chi connectivity index (χ0) is 42.3. The van der Waals surface area contributed by atoms with Gasteiger partial charge in [-0.25, -0.2) is 29.1 Å². The molecule has 0 aliphatic carbocycles. The molecule has 0 radical (unpaired) electrons. The van der Waals surface area contributed by atoms with Gasteiger partial charge >= 0.3 is 22.8 Å². The lowest BCUT2D eigenvalue weighted by atomic mass is 10.0. The van der Waals surface area contributed by atoms with Gasteiger partial charge < -0.3 is 29.9 Å². The lowest BCUT2D eigenvalue weighted by Crippen LogP contribution is -2.25. The normalized spacial score (nSPS) is 12.1. The van der Waals surface area contributed by atoms with Crippen molar-refractivity contribution < 1.29 is 0 Å². The molecule has 7 aromatic heterocycles. The fourth-order valence-electron chi connectivity index (χ4n) is 7.86. The number of H-pyrrole nitrogens is 10. The van der Waals surface area contributed by atoms with Crippen molar-refractivity contribution in [3.05, 3.63) is 153 Å². The molecule has 20 nitrogen and oxygen atoms in total. The minimum absolute atomic E-state index is 0.0459. The molecule has 0 spiro atoms. The van der Waals surface area contributed by atoms with E-state index in [1.807, 2.05) is 0 Å². The van der Waals surface area contributed by atoms with Crippen LogP contribution in [0.25, 0.3) is 90.9 Å². The van der Waals surface area contributed by atoms with Gasteiger partial charge in [-0.05, 0) is 76.3 Å². The molecular weight excluding hydrogens is 777 g/mol. The molecule has 0 amide bonds. The topological polar surface area (TPSA) is 320 Å². The molecule has 0 atom stereocenters. The Hall–Kier alpha value is -8.68. The Balaban J connectivity index is 1.57. The molecule has 9 heterocycles. The van der Waals surface area contributed by atoms with Gasteiger partial charge in [-0.15, -0.1) is 0 Å². The van der Waals surface area contributed by atoms with Crippen LogP contribution in [-0.2, 0) is 0 Å². The Morgan fingerprint density at radius 2 is 0.517 bits per heavy atom. The van der Waals surface area contributed by atoms with Gasteiger partial charge in [0.15, 0.2) is 0 Å². The minimum atomic E-state index is -0.735. The lowest BCUT2D eigenvalue weighted by molar-refractivity contribution is 0.998. The smallest absolute Gasteiger partial charge is 0.325 e. The largest absolute Gasteiger partial charge is 0.354 e. The van der Waals surface area contributed by atoms with Gasteiger partial charge in [0.05, 0.1) is 45.0 Å². The molecule has 0 unspecified atom stereocenters. The number of hydrogen-bond acceptors (Lipinski definition) is 10. The molecule has 2 aliphatic heterocycles. The van der Waals surface area contributed by atoms with Crippen LogP contribution in [0, 0.1) is 27.7 Å². The van der Waals surface area contributed by atoms with Crippen LogP contribution >= 0.6 is 0 Å². The van der Waals surface area contributed by atoms with Crippen LogP contribution in [-0.4, -0.2) is 59.8 Å². The lowest BCUT2D eigenvalue weighted by Gasteiger charge is -2.09. The van der Waals surface area contributed by atoms with E-state index in [-0.39, 0.29) is 90.1 Å². The number of hydrogen-bond donors (Lipinski definition) is 10. The van der Waals surface area contributed by atoms with Gasteiger partial charge in [-0.3, -0.25) is 39.1 Å². The maximum atomic E-state index is 13.7. The minimum Gasteiger partial charge on any atom is -0.354 e. The quantitative estimate of drug-likeness (QED) is 0.123. The predicted molar refractivity (Wildman–Crippen MR) is 225 cm³/mol. The first-order valence-corrected chi connectivity index (χ1v) is 18.2. The van der Waals surface area contributed by atoms with Crippen LogP contribution in [0.2, 0.25) is 0 Å². The van der Waals surface area contributed by atoms with E-state index >= 15 is 0 Å². The molecule has 9 rings (SSSR count). The van der Waals surface area contributed by atoms with E-state index in [4.69, 9.17) is 9.97 Å². The third-order valence-corrected chi connectivity index (χ3v) is 10.3. The zero-order valence-electron chi connectivity index (χ0n) is 31.8. The highest BCUT2D eigenvalue weighted by molar-refractivity contribution is 6.00. The summed E-state index contributed by atoms with van der Waals surface area (Å²) in [6.45, 7) is 6.19. The van der Waals surface area contributed by atoms with Gasteiger partial charge in [-0.1, -0.05) is 0 Å². The summed E-state index contributed by atoms with van der Waals surface area (Å²) < 4.78 is 0. The fourth-order valence-corrected chi connectivity index (χ4v) is 7.86. The molecule has 2 aliphatic rings. The summed E-state index contributed by atoms with van der Waals surface area (Å²) in [6, 6.07) is 6.55. The predicted octanol–water partition coefficient (Wildman–Crippen LogP) is 2.06. The molecule has 298 valence electrons. The first kappa shape index (κ1) is 36.9. The number of fused-ring (bicyclic) bond motifs is 8. The second-order valence-electron chi connectivity index (χ2n) is 14.1. The van der Waals surface area contributed by atoms with E-state index in [9.17, 15) is 38.4 Å². The van der Waals surface area contributed by atoms with Crippen LogP contribution in [0.1, 0.15) is 45.6 Å². The van der Waals surface area contributed by atoms with Crippen LogP contribution in [0.4, 0.5) is 0 Å². The highest BCUT2D eigenvalue weighted by Crippen LogP contribution is 2.37. The van der Waals surface area contributed by atoms with Gasteiger partial charge in [0.1, 0.15) is 0 Å². The molecule has 20 heteroatoms. The summed E-state index contributed by atoms with van der Waals surface area (Å²) in [5.74, 6) is 0. The van der Waals surface area contributed by atoms with Gasteiger partial charge in [0.2, 0.25) is 0 Å². The van der Waals surface area contributed by atoms with Crippen molar-refractivity contribution in [3.63, 3.8) is 0 Å². The number of rotatable bonds is 4. The highest BCUT2D eigenvalue weighted by atomic mass is 16.2. The van der Waals surface area contributed by atoms with E-state index in [2.05, 4.69) is 49.8 Å². The molecule has 8 bridgehead atoms. The maximum absolute atomic E-state index is 13.7. The number of aryl methyl sites for hydroxylation is 4. The van der Waals surface area contributed by atoms with Crippen molar-refractivity contribution >= 4 is 46.4 Å². The van der Waals surface area contributed by atoms with Gasteiger partial charge in [0.25, 0.3) is 22.2 Å². The first-order chi connectivity index (χ1) is 28.7. The van der Waals surface area contributed by atoms with E-state index in [0.29, 0.717) is 22.1 Å². The maximum Gasteiger partial charge on any atom is 0.325 e. The summed E-state index contributed by atoms with van der Waals surface area (Å²) >= 11 is 0. The molecule has 60 heavy (non-hydrogen) atoms. The number of nitrogens with one attached hydrogen (secondary N) is 10. The monoisotopic (exact) mass is 806 g/mol. The van der Waals surface area contributed by atoms with Crippen LogP contribution in [0.5, 0.6) is 0 Å². The third kappa shape index (κ3) is 5.93. The molecule has 0 saturated heterocycles. The summed E-state index contributed by atoms with van der Waals surface area (Å²) in [4.78, 5) is 140. The second-order valence-corrected chi connectivity index (χ2v) is 14.1. The second kappa shape index (κ2) is 13.5. The Kier molecular flexibility index (Phi) is 8.29. The Labute approximate surface area is 331 Å². The van der Waals surface area contributed by atoms with Crippen molar-refractivity contribution in [2.75, 3.05) is 0 Å². The number of aromatic amines is 10. The van der Waals surface area contributed by atoms with Crippen LogP contribution in [0.15, 0.2) is 62.6 Å². The van der Waals surface area contributed by atoms with Gasteiger partial charge in [0, 0.05) is 67.1 Å². The molecule has 7 aromatic rings. The molecule has 0 saturated carbocycles. The van der Waals surface area contributed by atoms with Crippen LogP contribution in [0.3, 0.4) is 0 Å².